The van der Waals surface area contributed by atoms with Gasteiger partial charge in [0.1, 0.15) is 0 Å². The highest BCUT2D eigenvalue weighted by Crippen LogP contribution is 2.63. The van der Waals surface area contributed by atoms with Crippen LogP contribution in [-0.4, -0.2) is 20.4 Å². The number of fused-ring (bicyclic) bond motifs is 18. The van der Waals surface area contributed by atoms with Gasteiger partial charge in [0.25, 0.3) is 6.71 Å². The molecule has 4 heteroatoms. The summed E-state index contributed by atoms with van der Waals surface area (Å²) in [4.78, 5) is 0. The number of hydrogen-bond acceptors (Lipinski definition) is 0. The zero-order valence-electron chi connectivity index (χ0n) is 55.7. The fourth-order valence-corrected chi connectivity index (χ4v) is 16.5. The Balaban J connectivity index is 1.16. The highest BCUT2D eigenvalue weighted by molar-refractivity contribution is 7.00. The van der Waals surface area contributed by atoms with Crippen LogP contribution in [0.2, 0.25) is 0 Å². The van der Waals surface area contributed by atoms with Gasteiger partial charge in [0, 0.05) is 54.9 Å². The standard InChI is InChI=1S/C83H86BN3/c1-76(2,3)45-22-28-52(29-23-45)85-65-33-26-46(77(4,5)6)36-57(65)69-68(85)44-64-75-70(69)58-37-47(78(7,8)9)27-34-66(58)86(75)67-35-32-59-74-71(67)84(64)63-43-51(82(19,20)21)39-56-55-38-50(81(16,17)18)42-62(72(55)87(74)73(56)63)83(59)60-40-48(79(10,11)12)24-30-53(60)54-31-25-49(41-61(54)83)80(13,14)15/h22-44H,1-21H3. The molecule has 0 saturated carbocycles. The number of hydrogen-bond donors (Lipinski definition) is 0. The van der Waals surface area contributed by atoms with Crippen molar-refractivity contribution in [3.05, 3.63) is 201 Å². The number of nitrogens with zero attached hydrogens (tertiary/aromatic N) is 3. The van der Waals surface area contributed by atoms with Crippen molar-refractivity contribution in [3.8, 4) is 28.2 Å². The van der Waals surface area contributed by atoms with E-state index in [-0.39, 0.29) is 44.6 Å². The van der Waals surface area contributed by atoms with E-state index < -0.39 is 5.41 Å². The Hall–Kier alpha value is -7.56. The van der Waals surface area contributed by atoms with Gasteiger partial charge in [-0.05, 0) is 187 Å². The monoisotopic (exact) mass is 1140 g/mol. The van der Waals surface area contributed by atoms with Crippen LogP contribution in [-0.2, 0) is 43.3 Å². The van der Waals surface area contributed by atoms with Gasteiger partial charge in [-0.1, -0.05) is 224 Å². The smallest absolute Gasteiger partial charge is 0.252 e. The molecular weight excluding hydrogens is 1050 g/mol. The molecule has 12 aromatic rings. The number of aromatic nitrogens is 3. The van der Waals surface area contributed by atoms with Gasteiger partial charge >= 0.3 is 0 Å². The fraction of sp³-hybridized carbons (Fsp3) is 0.349. The molecule has 1 spiro atoms. The molecule has 0 N–H and O–H groups in total. The second-order valence-electron chi connectivity index (χ2n) is 34.3. The molecular formula is C83H86BN3. The van der Waals surface area contributed by atoms with Crippen LogP contribution >= 0.6 is 0 Å². The molecule has 0 amide bonds. The Bertz CT molecular complexity index is 5040. The molecule has 6 heterocycles. The zero-order valence-corrected chi connectivity index (χ0v) is 55.7. The maximum absolute atomic E-state index is 2.83. The molecule has 0 radical (unpaired) electrons. The van der Waals surface area contributed by atoms with Gasteiger partial charge in [0.2, 0.25) is 0 Å². The zero-order chi connectivity index (χ0) is 61.5. The summed E-state index contributed by atoms with van der Waals surface area (Å²) in [6, 6.07) is 58.1. The Kier molecular flexibility index (Phi) is 10.4. The summed E-state index contributed by atoms with van der Waals surface area (Å²) < 4.78 is 8.21. The average molecular weight is 1140 g/mol. The lowest BCUT2D eigenvalue weighted by Gasteiger charge is -2.45. The topological polar surface area (TPSA) is 14.8 Å². The predicted octanol–water partition coefficient (Wildman–Crippen LogP) is 19.9. The van der Waals surface area contributed by atoms with E-state index in [4.69, 9.17) is 0 Å². The van der Waals surface area contributed by atoms with Gasteiger partial charge in [0.15, 0.2) is 0 Å². The molecule has 0 saturated heterocycles. The summed E-state index contributed by atoms with van der Waals surface area (Å²) in [6.45, 7) is 50.0. The van der Waals surface area contributed by atoms with Crippen molar-refractivity contribution in [1.29, 1.82) is 0 Å². The van der Waals surface area contributed by atoms with Crippen LogP contribution in [0, 0.1) is 0 Å². The van der Waals surface area contributed by atoms with Gasteiger partial charge in [-0.15, -0.1) is 0 Å². The lowest BCUT2D eigenvalue weighted by Crippen LogP contribution is -2.60. The van der Waals surface area contributed by atoms with E-state index in [1.807, 2.05) is 0 Å². The van der Waals surface area contributed by atoms with Crippen molar-refractivity contribution in [2.75, 3.05) is 0 Å². The maximum atomic E-state index is 2.83. The molecule has 0 fully saturated rings. The van der Waals surface area contributed by atoms with Gasteiger partial charge in [0.05, 0.1) is 33.0 Å². The van der Waals surface area contributed by atoms with Crippen LogP contribution in [0.1, 0.15) is 207 Å². The maximum Gasteiger partial charge on any atom is 0.252 e. The average Bonchev–Trinajstić information content (AvgIpc) is 1.53. The fourth-order valence-electron chi connectivity index (χ4n) is 16.5. The Morgan fingerprint density at radius 3 is 1.25 bits per heavy atom. The van der Waals surface area contributed by atoms with E-state index in [0.717, 1.165) is 0 Å². The van der Waals surface area contributed by atoms with E-state index in [0.29, 0.717) is 0 Å². The largest absolute Gasteiger partial charge is 0.310 e. The van der Waals surface area contributed by atoms with Crippen LogP contribution in [0.5, 0.6) is 0 Å². The Morgan fingerprint density at radius 2 is 0.724 bits per heavy atom. The third-order valence-electron chi connectivity index (χ3n) is 21.5. The molecule has 0 unspecified atom stereocenters. The van der Waals surface area contributed by atoms with Crippen molar-refractivity contribution < 1.29 is 0 Å². The van der Waals surface area contributed by atoms with Crippen molar-refractivity contribution >= 4 is 88.5 Å². The minimum Gasteiger partial charge on any atom is -0.310 e. The van der Waals surface area contributed by atoms with Crippen molar-refractivity contribution in [2.45, 2.75) is 189 Å². The highest BCUT2D eigenvalue weighted by atomic mass is 15.1. The van der Waals surface area contributed by atoms with E-state index >= 15 is 0 Å². The van der Waals surface area contributed by atoms with E-state index in [9.17, 15) is 0 Å². The summed E-state index contributed by atoms with van der Waals surface area (Å²) in [6.07, 6.45) is 0. The minimum absolute atomic E-state index is 0.0207. The lowest BCUT2D eigenvalue weighted by atomic mass is 9.33. The second kappa shape index (κ2) is 16.6. The van der Waals surface area contributed by atoms with Crippen LogP contribution < -0.4 is 16.4 Å². The molecule has 9 aromatic carbocycles. The Morgan fingerprint density at radius 1 is 0.299 bits per heavy atom. The van der Waals surface area contributed by atoms with E-state index in [1.165, 1.54) is 171 Å². The molecule has 436 valence electrons. The van der Waals surface area contributed by atoms with Gasteiger partial charge in [-0.2, -0.15) is 0 Å². The summed E-state index contributed by atoms with van der Waals surface area (Å²) in [7, 11) is 0. The molecule has 0 bridgehead atoms. The predicted molar refractivity (Wildman–Crippen MR) is 376 cm³/mol. The van der Waals surface area contributed by atoms with E-state index in [2.05, 4.69) is 299 Å². The van der Waals surface area contributed by atoms with Crippen LogP contribution in [0.15, 0.2) is 140 Å². The number of benzene rings is 9. The summed E-state index contributed by atoms with van der Waals surface area (Å²) in [5.74, 6) is 0. The molecule has 16 rings (SSSR count). The lowest BCUT2D eigenvalue weighted by molar-refractivity contribution is 0.583. The first kappa shape index (κ1) is 54.8. The first-order valence-corrected chi connectivity index (χ1v) is 32.4. The third-order valence-corrected chi connectivity index (χ3v) is 21.5. The summed E-state index contributed by atoms with van der Waals surface area (Å²) in [5, 5.41) is 8.07. The van der Waals surface area contributed by atoms with Crippen LogP contribution in [0.4, 0.5) is 0 Å². The first-order valence-electron chi connectivity index (χ1n) is 32.4. The molecule has 3 aliphatic heterocycles. The summed E-state index contributed by atoms with van der Waals surface area (Å²) >= 11 is 0. The van der Waals surface area contributed by atoms with Crippen molar-refractivity contribution in [3.63, 3.8) is 0 Å². The van der Waals surface area contributed by atoms with Crippen LogP contribution in [0.3, 0.4) is 0 Å². The Labute approximate surface area is 516 Å². The molecule has 4 aliphatic rings. The van der Waals surface area contributed by atoms with Crippen molar-refractivity contribution in [2.24, 2.45) is 0 Å². The molecule has 0 atom stereocenters. The minimum atomic E-state index is -0.646. The first-order chi connectivity index (χ1) is 40.6. The normalized spacial score (nSPS) is 15.3. The van der Waals surface area contributed by atoms with Gasteiger partial charge in [-0.25, -0.2) is 0 Å². The molecule has 3 aromatic heterocycles. The third kappa shape index (κ3) is 7.14. The van der Waals surface area contributed by atoms with E-state index in [1.54, 1.807) is 0 Å². The SMILES string of the molecule is CC(C)(C)c1ccc(-n2c3ccc(C(C)(C)C)cc3c3c4c5cc(C(C)(C)C)ccc5n5c4c(cc32)B2c3c-5ccc4c3-n3c5c2cc(C(C)(C)C)cc5c2cc(C(C)(C)C)cc(c23)C42c3cc(C(C)(C)C)ccc3-c3ccc(C(C)(C)C)cc32)cc1. The highest BCUT2D eigenvalue weighted by Gasteiger charge is 2.55. The molecule has 87 heavy (non-hydrogen) atoms. The molecule has 1 aliphatic carbocycles. The van der Waals surface area contributed by atoms with Crippen LogP contribution in [0.25, 0.3) is 93.6 Å². The van der Waals surface area contributed by atoms with Crippen molar-refractivity contribution in [1.82, 2.24) is 13.7 Å². The summed E-state index contributed by atoms with van der Waals surface area (Å²) in [5.41, 5.74) is 32.6. The quantitative estimate of drug-likeness (QED) is 0.146. The van der Waals surface area contributed by atoms with Gasteiger partial charge < -0.3 is 13.7 Å². The molecule has 3 nitrogen and oxygen atoms in total. The second-order valence-corrected chi connectivity index (χ2v) is 34.3. The van der Waals surface area contributed by atoms with Gasteiger partial charge in [-0.3, -0.25) is 0 Å². The number of rotatable bonds is 1.